The topological polar surface area (TPSA) is 63.0 Å². The number of aromatic nitrogens is 5. The molecule has 7 nitrogen and oxygen atoms in total. The van der Waals surface area contributed by atoms with Gasteiger partial charge in [-0.3, -0.25) is 9.88 Å². The number of anilines is 1. The van der Waals surface area contributed by atoms with Crippen molar-refractivity contribution < 1.29 is 0 Å². The van der Waals surface area contributed by atoms with E-state index in [1.54, 1.807) is 4.80 Å². The zero-order chi connectivity index (χ0) is 21.9. The molecular weight excluding hydrogens is 445 g/mol. The predicted molar refractivity (Wildman–Crippen MR) is 128 cm³/mol. The zero-order valence-electron chi connectivity index (χ0n) is 17.5. The Hall–Kier alpha value is -2.74. The second kappa shape index (κ2) is 9.40. The molecule has 2 aromatic heterocycles. The second-order valence-corrected chi connectivity index (χ2v) is 8.76. The summed E-state index contributed by atoms with van der Waals surface area (Å²) in [6.45, 7) is 5.79. The van der Waals surface area contributed by atoms with Gasteiger partial charge in [-0.15, -0.1) is 10.2 Å². The molecule has 1 fully saturated rings. The largest absolute Gasteiger partial charge is 0.368 e. The van der Waals surface area contributed by atoms with E-state index in [9.17, 15) is 0 Å². The summed E-state index contributed by atoms with van der Waals surface area (Å²) in [6.07, 6.45) is 2.84. The van der Waals surface area contributed by atoms with Crippen LogP contribution >= 0.6 is 23.2 Å². The van der Waals surface area contributed by atoms with Crippen LogP contribution in [0.2, 0.25) is 10.0 Å². The highest BCUT2D eigenvalue weighted by Crippen LogP contribution is 2.28. The van der Waals surface area contributed by atoms with Crippen molar-refractivity contribution in [2.75, 3.05) is 37.6 Å². The van der Waals surface area contributed by atoms with Gasteiger partial charge in [0.2, 0.25) is 5.82 Å². The maximum absolute atomic E-state index is 6.13. The number of aryl methyl sites for hydroxylation is 1. The summed E-state index contributed by atoms with van der Waals surface area (Å²) < 4.78 is 0. The number of benzene rings is 2. The van der Waals surface area contributed by atoms with E-state index in [1.807, 2.05) is 42.6 Å². The van der Waals surface area contributed by atoms with Gasteiger partial charge in [-0.2, -0.15) is 4.80 Å². The average molecular weight is 468 g/mol. The number of rotatable bonds is 6. The van der Waals surface area contributed by atoms with Gasteiger partial charge in [0.15, 0.2) is 0 Å². The first kappa shape index (κ1) is 21.1. The first-order valence-electron chi connectivity index (χ1n) is 10.7. The molecule has 164 valence electrons. The van der Waals surface area contributed by atoms with Crippen molar-refractivity contribution in [2.45, 2.75) is 13.0 Å². The molecular formula is C23H23Cl2N7. The van der Waals surface area contributed by atoms with E-state index in [2.05, 4.69) is 42.3 Å². The number of piperazine rings is 1. The molecule has 0 atom stereocenters. The molecule has 0 bridgehead atoms. The van der Waals surface area contributed by atoms with E-state index in [0.717, 1.165) is 62.2 Å². The lowest BCUT2D eigenvalue weighted by atomic mass is 10.1. The van der Waals surface area contributed by atoms with Crippen LogP contribution < -0.4 is 4.90 Å². The number of pyridine rings is 1. The predicted octanol–water partition coefficient (Wildman–Crippen LogP) is 4.41. The van der Waals surface area contributed by atoms with Crippen LogP contribution in [0.4, 0.5) is 5.69 Å². The van der Waals surface area contributed by atoms with Crippen molar-refractivity contribution in [2.24, 2.45) is 0 Å². The Labute approximate surface area is 196 Å². The monoisotopic (exact) mass is 467 g/mol. The summed E-state index contributed by atoms with van der Waals surface area (Å²) in [5.41, 5.74) is 3.09. The fourth-order valence-electron chi connectivity index (χ4n) is 4.08. The highest BCUT2D eigenvalue weighted by Gasteiger charge is 2.19. The molecule has 0 unspecified atom stereocenters. The third-order valence-electron chi connectivity index (χ3n) is 5.78. The quantitative estimate of drug-likeness (QED) is 0.418. The number of halogens is 2. The van der Waals surface area contributed by atoms with E-state index in [0.29, 0.717) is 15.9 Å². The molecule has 0 amide bonds. The standard InChI is InChI=1S/C23H23Cl2N7/c24-18-4-2-17(3-5-18)23-27-29-32(28-23)11-1-10-30-12-14-31(15-13-30)22-8-9-26-21-16-19(25)6-7-20(21)22/h2-9,16H,1,10-15H2. The lowest BCUT2D eigenvalue weighted by Gasteiger charge is -2.36. The van der Waals surface area contributed by atoms with Crippen LogP contribution in [0, 0.1) is 0 Å². The lowest BCUT2D eigenvalue weighted by molar-refractivity contribution is 0.247. The molecule has 4 aromatic rings. The molecule has 0 aliphatic carbocycles. The lowest BCUT2D eigenvalue weighted by Crippen LogP contribution is -2.46. The smallest absolute Gasteiger partial charge is 0.204 e. The third-order valence-corrected chi connectivity index (χ3v) is 6.27. The Balaban J connectivity index is 1.13. The van der Waals surface area contributed by atoms with Crippen molar-refractivity contribution in [3.8, 4) is 11.4 Å². The van der Waals surface area contributed by atoms with E-state index in [-0.39, 0.29) is 0 Å². The number of tetrazole rings is 1. The molecule has 1 saturated heterocycles. The maximum atomic E-state index is 6.13. The fourth-order valence-corrected chi connectivity index (χ4v) is 4.37. The average Bonchev–Trinajstić information content (AvgIpc) is 3.28. The van der Waals surface area contributed by atoms with E-state index in [1.165, 1.54) is 5.69 Å². The molecule has 3 heterocycles. The second-order valence-electron chi connectivity index (χ2n) is 7.89. The van der Waals surface area contributed by atoms with Gasteiger partial charge in [0.1, 0.15) is 0 Å². The number of hydrogen-bond acceptors (Lipinski definition) is 6. The molecule has 0 spiro atoms. The first-order valence-corrected chi connectivity index (χ1v) is 11.5. The molecule has 0 N–H and O–H groups in total. The van der Waals surface area contributed by atoms with Gasteiger partial charge in [0.05, 0.1) is 12.1 Å². The van der Waals surface area contributed by atoms with Gasteiger partial charge in [-0.25, -0.2) is 0 Å². The van der Waals surface area contributed by atoms with Crippen molar-refractivity contribution in [3.63, 3.8) is 0 Å². The maximum Gasteiger partial charge on any atom is 0.204 e. The van der Waals surface area contributed by atoms with Gasteiger partial charge in [-0.05, 0) is 60.2 Å². The van der Waals surface area contributed by atoms with E-state index < -0.39 is 0 Å². The van der Waals surface area contributed by atoms with Crippen molar-refractivity contribution in [1.29, 1.82) is 0 Å². The summed E-state index contributed by atoms with van der Waals surface area (Å²) >= 11 is 12.1. The highest BCUT2D eigenvalue weighted by molar-refractivity contribution is 6.31. The molecule has 9 heteroatoms. The van der Waals surface area contributed by atoms with Crippen LogP contribution in [0.5, 0.6) is 0 Å². The summed E-state index contributed by atoms with van der Waals surface area (Å²) in [5.74, 6) is 0.626. The van der Waals surface area contributed by atoms with Gasteiger partial charge in [0.25, 0.3) is 0 Å². The zero-order valence-corrected chi connectivity index (χ0v) is 19.0. The van der Waals surface area contributed by atoms with Crippen molar-refractivity contribution in [1.82, 2.24) is 30.1 Å². The Morgan fingerprint density at radius 3 is 2.44 bits per heavy atom. The Morgan fingerprint density at radius 1 is 0.844 bits per heavy atom. The van der Waals surface area contributed by atoms with Crippen molar-refractivity contribution >= 4 is 39.8 Å². The minimum Gasteiger partial charge on any atom is -0.368 e. The normalized spacial score (nSPS) is 14.9. The van der Waals surface area contributed by atoms with Gasteiger partial charge < -0.3 is 4.90 Å². The number of nitrogens with zero attached hydrogens (tertiary/aromatic N) is 7. The Morgan fingerprint density at radius 2 is 1.62 bits per heavy atom. The molecule has 0 saturated carbocycles. The molecule has 5 rings (SSSR count). The Bertz CT molecular complexity index is 1200. The molecule has 0 radical (unpaired) electrons. The van der Waals surface area contributed by atoms with Crippen LogP contribution in [-0.2, 0) is 6.54 Å². The first-order chi connectivity index (χ1) is 15.7. The number of fused-ring (bicyclic) bond motifs is 1. The summed E-state index contributed by atoms with van der Waals surface area (Å²) in [7, 11) is 0. The van der Waals surface area contributed by atoms with Gasteiger partial charge in [0, 0.05) is 65.6 Å². The van der Waals surface area contributed by atoms with Gasteiger partial charge in [-0.1, -0.05) is 23.2 Å². The summed E-state index contributed by atoms with van der Waals surface area (Å²) in [6, 6.07) is 15.5. The molecule has 2 aromatic carbocycles. The van der Waals surface area contributed by atoms with Crippen molar-refractivity contribution in [3.05, 3.63) is 64.8 Å². The minimum atomic E-state index is 0.626. The minimum absolute atomic E-state index is 0.626. The molecule has 1 aliphatic rings. The van der Waals surface area contributed by atoms with E-state index in [4.69, 9.17) is 23.2 Å². The molecule has 32 heavy (non-hydrogen) atoms. The van der Waals surface area contributed by atoms with Gasteiger partial charge >= 0.3 is 0 Å². The third kappa shape index (κ3) is 4.70. The van der Waals surface area contributed by atoms with Crippen LogP contribution in [0.1, 0.15) is 6.42 Å². The fraction of sp³-hybridized carbons (Fsp3) is 0.304. The summed E-state index contributed by atoms with van der Waals surface area (Å²) in [5, 5.41) is 15.4. The van der Waals surface area contributed by atoms with Crippen LogP contribution in [0.3, 0.4) is 0 Å². The SMILES string of the molecule is Clc1ccc(-c2nnn(CCCN3CCN(c4ccnc5cc(Cl)ccc45)CC3)n2)cc1. The molecule has 1 aliphatic heterocycles. The van der Waals surface area contributed by atoms with Crippen LogP contribution in [-0.4, -0.2) is 62.8 Å². The highest BCUT2D eigenvalue weighted by atomic mass is 35.5. The van der Waals surface area contributed by atoms with E-state index >= 15 is 0 Å². The Kier molecular flexibility index (Phi) is 6.21. The van der Waals surface area contributed by atoms with Crippen LogP contribution in [0.25, 0.3) is 22.3 Å². The van der Waals surface area contributed by atoms with Crippen LogP contribution in [0.15, 0.2) is 54.7 Å². The number of hydrogen-bond donors (Lipinski definition) is 0. The summed E-state index contributed by atoms with van der Waals surface area (Å²) in [4.78, 5) is 11.1.